The summed E-state index contributed by atoms with van der Waals surface area (Å²) < 4.78 is 4.94. The number of ether oxygens (including phenoxy) is 1. The third kappa shape index (κ3) is 1.68. The van der Waals surface area contributed by atoms with Crippen molar-refractivity contribution in [1.29, 1.82) is 5.26 Å². The molecule has 0 spiro atoms. The molecule has 0 unspecified atom stereocenters. The van der Waals surface area contributed by atoms with Crippen LogP contribution < -0.4 is 4.74 Å². The van der Waals surface area contributed by atoms with Gasteiger partial charge in [-0.2, -0.15) is 5.26 Å². The zero-order chi connectivity index (χ0) is 8.10. The second-order valence-electron chi connectivity index (χ2n) is 2.01. The number of hydrogen-bond donors (Lipinski definition) is 0. The number of rotatable bonds is 2. The minimum absolute atomic E-state index is 0.344. The van der Waals surface area contributed by atoms with Crippen LogP contribution in [-0.2, 0) is 6.42 Å². The largest absolute Gasteiger partial charge is 0.481 e. The van der Waals surface area contributed by atoms with E-state index in [9.17, 15) is 0 Å². The van der Waals surface area contributed by atoms with Gasteiger partial charge < -0.3 is 4.74 Å². The highest BCUT2D eigenvalue weighted by atomic mass is 16.5. The quantitative estimate of drug-likeness (QED) is 0.632. The maximum Gasteiger partial charge on any atom is 0.217 e. The van der Waals surface area contributed by atoms with Crippen LogP contribution in [0.2, 0.25) is 0 Å². The first kappa shape index (κ1) is 7.55. The SMILES string of the molecule is COc1ncccc1CC#N. The molecule has 3 heteroatoms. The first-order chi connectivity index (χ1) is 5.38. The Morgan fingerprint density at radius 1 is 1.73 bits per heavy atom. The van der Waals surface area contributed by atoms with Crippen molar-refractivity contribution in [2.45, 2.75) is 6.42 Å². The van der Waals surface area contributed by atoms with Gasteiger partial charge in [0.2, 0.25) is 5.88 Å². The number of nitrogens with zero attached hydrogens (tertiary/aromatic N) is 2. The van der Waals surface area contributed by atoms with E-state index in [2.05, 4.69) is 4.98 Å². The maximum absolute atomic E-state index is 8.41. The number of aromatic nitrogens is 1. The summed E-state index contributed by atoms with van der Waals surface area (Å²) in [5.41, 5.74) is 0.831. The molecule has 1 heterocycles. The molecule has 0 aromatic carbocycles. The van der Waals surface area contributed by atoms with Crippen LogP contribution in [0.3, 0.4) is 0 Å². The molecule has 0 aliphatic heterocycles. The monoisotopic (exact) mass is 148 g/mol. The van der Waals surface area contributed by atoms with E-state index in [1.807, 2.05) is 12.1 Å². The summed E-state index contributed by atoms with van der Waals surface area (Å²) in [7, 11) is 1.54. The van der Waals surface area contributed by atoms with Crippen molar-refractivity contribution < 1.29 is 4.74 Å². The molecule has 0 bridgehead atoms. The Bertz CT molecular complexity index is 278. The van der Waals surface area contributed by atoms with Crippen molar-refractivity contribution >= 4 is 0 Å². The molecule has 0 radical (unpaired) electrons. The fourth-order valence-electron chi connectivity index (χ4n) is 0.828. The summed E-state index contributed by atoms with van der Waals surface area (Å²) in [6, 6.07) is 5.65. The Balaban J connectivity index is 2.94. The van der Waals surface area contributed by atoms with Crippen molar-refractivity contribution in [3.05, 3.63) is 23.9 Å². The first-order valence-corrected chi connectivity index (χ1v) is 3.23. The second kappa shape index (κ2) is 3.57. The van der Waals surface area contributed by atoms with Crippen LogP contribution in [0.1, 0.15) is 5.56 Å². The summed E-state index contributed by atoms with van der Waals surface area (Å²) in [6.45, 7) is 0. The third-order valence-electron chi connectivity index (χ3n) is 1.31. The zero-order valence-corrected chi connectivity index (χ0v) is 6.24. The van der Waals surface area contributed by atoms with Gasteiger partial charge in [-0.25, -0.2) is 4.98 Å². The standard InChI is InChI=1S/C8H8N2O/c1-11-8-7(4-5-9)3-2-6-10-8/h2-3,6H,4H2,1H3. The summed E-state index contributed by atoms with van der Waals surface area (Å²) in [6.07, 6.45) is 1.98. The lowest BCUT2D eigenvalue weighted by Crippen LogP contribution is -1.92. The van der Waals surface area contributed by atoms with E-state index in [4.69, 9.17) is 10.00 Å². The summed E-state index contributed by atoms with van der Waals surface area (Å²) in [5, 5.41) is 8.41. The van der Waals surface area contributed by atoms with Crippen LogP contribution in [0, 0.1) is 11.3 Å². The van der Waals surface area contributed by atoms with Gasteiger partial charge in [-0.3, -0.25) is 0 Å². The van der Waals surface area contributed by atoms with Gasteiger partial charge in [0.25, 0.3) is 0 Å². The molecule has 0 aliphatic rings. The lowest BCUT2D eigenvalue weighted by Gasteiger charge is -2.01. The van der Waals surface area contributed by atoms with E-state index in [1.165, 1.54) is 0 Å². The molecule has 0 saturated carbocycles. The van der Waals surface area contributed by atoms with Crippen molar-refractivity contribution in [2.24, 2.45) is 0 Å². The average Bonchev–Trinajstić information content (AvgIpc) is 2.06. The number of pyridine rings is 1. The molecule has 1 rings (SSSR count). The molecule has 1 aromatic rings. The van der Waals surface area contributed by atoms with Gasteiger partial charge in [0.1, 0.15) is 0 Å². The van der Waals surface area contributed by atoms with Crippen LogP contribution in [0.5, 0.6) is 5.88 Å². The van der Waals surface area contributed by atoms with Gasteiger partial charge in [-0.1, -0.05) is 6.07 Å². The van der Waals surface area contributed by atoms with Crippen molar-refractivity contribution in [1.82, 2.24) is 4.98 Å². The van der Waals surface area contributed by atoms with Gasteiger partial charge in [0, 0.05) is 11.8 Å². The zero-order valence-electron chi connectivity index (χ0n) is 6.24. The van der Waals surface area contributed by atoms with Gasteiger partial charge >= 0.3 is 0 Å². The molecule has 56 valence electrons. The van der Waals surface area contributed by atoms with E-state index in [0.29, 0.717) is 12.3 Å². The Morgan fingerprint density at radius 2 is 2.55 bits per heavy atom. The van der Waals surface area contributed by atoms with E-state index in [-0.39, 0.29) is 0 Å². The molecule has 0 saturated heterocycles. The average molecular weight is 148 g/mol. The fourth-order valence-corrected chi connectivity index (χ4v) is 0.828. The molecule has 0 atom stereocenters. The van der Waals surface area contributed by atoms with Crippen molar-refractivity contribution in [3.8, 4) is 11.9 Å². The summed E-state index contributed by atoms with van der Waals surface area (Å²) in [4.78, 5) is 3.94. The molecule has 0 aliphatic carbocycles. The molecule has 1 aromatic heterocycles. The predicted molar refractivity (Wildman–Crippen MR) is 40.1 cm³/mol. The van der Waals surface area contributed by atoms with E-state index in [0.717, 1.165) is 5.56 Å². The van der Waals surface area contributed by atoms with Crippen LogP contribution in [0.15, 0.2) is 18.3 Å². The maximum atomic E-state index is 8.41. The van der Waals surface area contributed by atoms with Gasteiger partial charge in [0.15, 0.2) is 0 Å². The topological polar surface area (TPSA) is 45.9 Å². The van der Waals surface area contributed by atoms with E-state index < -0.39 is 0 Å². The van der Waals surface area contributed by atoms with Crippen LogP contribution >= 0.6 is 0 Å². The lowest BCUT2D eigenvalue weighted by atomic mass is 10.2. The molecule has 0 amide bonds. The molecule has 0 fully saturated rings. The predicted octanol–water partition coefficient (Wildman–Crippen LogP) is 1.16. The highest BCUT2D eigenvalue weighted by Crippen LogP contribution is 2.12. The van der Waals surface area contributed by atoms with E-state index >= 15 is 0 Å². The highest BCUT2D eigenvalue weighted by Gasteiger charge is 2.00. The highest BCUT2D eigenvalue weighted by molar-refractivity contribution is 5.27. The normalized spacial score (nSPS) is 8.73. The van der Waals surface area contributed by atoms with E-state index in [1.54, 1.807) is 19.4 Å². The third-order valence-corrected chi connectivity index (χ3v) is 1.31. The Morgan fingerprint density at radius 3 is 3.18 bits per heavy atom. The van der Waals surface area contributed by atoms with Crippen molar-refractivity contribution in [3.63, 3.8) is 0 Å². The number of nitriles is 1. The Hall–Kier alpha value is -1.56. The first-order valence-electron chi connectivity index (χ1n) is 3.23. The van der Waals surface area contributed by atoms with Gasteiger partial charge in [-0.15, -0.1) is 0 Å². The molecule has 3 nitrogen and oxygen atoms in total. The van der Waals surface area contributed by atoms with Crippen LogP contribution in [0.25, 0.3) is 0 Å². The molecule has 11 heavy (non-hydrogen) atoms. The fraction of sp³-hybridized carbons (Fsp3) is 0.250. The lowest BCUT2D eigenvalue weighted by molar-refractivity contribution is 0.393. The molecular formula is C8H8N2O. The minimum atomic E-state index is 0.344. The van der Waals surface area contributed by atoms with Crippen LogP contribution in [0.4, 0.5) is 0 Å². The van der Waals surface area contributed by atoms with Crippen LogP contribution in [-0.4, -0.2) is 12.1 Å². The molecular weight excluding hydrogens is 140 g/mol. The minimum Gasteiger partial charge on any atom is -0.481 e. The van der Waals surface area contributed by atoms with Crippen molar-refractivity contribution in [2.75, 3.05) is 7.11 Å². The Labute approximate surface area is 65.3 Å². The van der Waals surface area contributed by atoms with Gasteiger partial charge in [-0.05, 0) is 6.07 Å². The number of hydrogen-bond acceptors (Lipinski definition) is 3. The summed E-state index contributed by atoms with van der Waals surface area (Å²) >= 11 is 0. The number of methoxy groups -OCH3 is 1. The second-order valence-corrected chi connectivity index (χ2v) is 2.01. The molecule has 0 N–H and O–H groups in total. The Kier molecular flexibility index (Phi) is 2.45. The van der Waals surface area contributed by atoms with Gasteiger partial charge in [0.05, 0.1) is 19.6 Å². The summed E-state index contributed by atoms with van der Waals surface area (Å²) in [5.74, 6) is 0.536. The smallest absolute Gasteiger partial charge is 0.217 e.